The molecule has 13 heavy (non-hydrogen) atoms. The molecule has 0 heterocycles. The minimum absolute atomic E-state index is 0.153. The van der Waals surface area contributed by atoms with Crippen molar-refractivity contribution in [3.8, 4) is 0 Å². The molecule has 1 unspecified atom stereocenters. The van der Waals surface area contributed by atoms with Gasteiger partial charge in [-0.15, -0.1) is 22.2 Å². The third kappa shape index (κ3) is 9.49. The maximum absolute atomic E-state index is 6.10. The van der Waals surface area contributed by atoms with E-state index in [2.05, 4.69) is 26.2 Å². The summed E-state index contributed by atoms with van der Waals surface area (Å²) < 4.78 is 6.03. The van der Waals surface area contributed by atoms with Gasteiger partial charge in [-0.1, -0.05) is 6.55 Å². The van der Waals surface area contributed by atoms with Crippen LogP contribution in [0.4, 0.5) is 0 Å². The van der Waals surface area contributed by atoms with E-state index in [1.54, 1.807) is 0 Å². The van der Waals surface area contributed by atoms with Gasteiger partial charge in [0.2, 0.25) is 0 Å². The van der Waals surface area contributed by atoms with Crippen molar-refractivity contribution in [2.24, 2.45) is 0 Å². The van der Waals surface area contributed by atoms with E-state index in [1.165, 1.54) is 0 Å². The van der Waals surface area contributed by atoms with E-state index >= 15 is 0 Å². The Balaban J connectivity index is 4.05. The standard InChI is InChI=1S/C7H20Cl2OSi3/c1-11-7(6-13(5,8)9)10-12(2,3)4/h7H,6,11H2,1-5H3. The van der Waals surface area contributed by atoms with E-state index < -0.39 is 15.0 Å². The first-order chi connectivity index (χ1) is 5.64. The van der Waals surface area contributed by atoms with Crippen LogP contribution in [0.1, 0.15) is 0 Å². The molecule has 0 aromatic heterocycles. The van der Waals surface area contributed by atoms with E-state index in [-0.39, 0.29) is 9.52 Å². The van der Waals surface area contributed by atoms with Crippen molar-refractivity contribution in [3.63, 3.8) is 0 Å². The molecule has 0 spiro atoms. The Kier molecular flexibility index (Phi) is 5.81. The highest BCUT2D eigenvalue weighted by molar-refractivity contribution is 7.45. The van der Waals surface area contributed by atoms with Crippen LogP contribution in [0.3, 0.4) is 0 Å². The Labute approximate surface area is 95.5 Å². The number of rotatable bonds is 5. The molecule has 0 amide bonds. The monoisotopic (exact) mass is 274 g/mol. The largest absolute Gasteiger partial charge is 0.419 e. The van der Waals surface area contributed by atoms with E-state index in [0.29, 0.717) is 5.73 Å². The summed E-state index contributed by atoms with van der Waals surface area (Å²) >= 11 is 12.2. The quantitative estimate of drug-likeness (QED) is 0.554. The highest BCUT2D eigenvalue weighted by atomic mass is 35.7. The lowest BCUT2D eigenvalue weighted by atomic mass is 10.8. The second kappa shape index (κ2) is 5.32. The number of hydrogen-bond donors (Lipinski definition) is 0. The smallest absolute Gasteiger partial charge is 0.250 e. The van der Waals surface area contributed by atoms with Crippen LogP contribution in [-0.2, 0) is 4.43 Å². The summed E-state index contributed by atoms with van der Waals surface area (Å²) in [6.45, 7) is 8.91. The van der Waals surface area contributed by atoms with Gasteiger partial charge in [0.1, 0.15) is 0 Å². The van der Waals surface area contributed by atoms with Gasteiger partial charge in [0.25, 0.3) is 6.69 Å². The van der Waals surface area contributed by atoms with Gasteiger partial charge in [0.05, 0.1) is 9.52 Å². The van der Waals surface area contributed by atoms with Crippen LogP contribution in [0.25, 0.3) is 0 Å². The molecule has 1 atom stereocenters. The van der Waals surface area contributed by atoms with Crippen molar-refractivity contribution in [1.29, 1.82) is 0 Å². The topological polar surface area (TPSA) is 9.23 Å². The fourth-order valence-electron chi connectivity index (χ4n) is 1.17. The first-order valence-electron chi connectivity index (χ1n) is 4.69. The summed E-state index contributed by atoms with van der Waals surface area (Å²) in [5.41, 5.74) is 0.401. The molecule has 0 radical (unpaired) electrons. The third-order valence-corrected chi connectivity index (χ3v) is 6.98. The summed E-state index contributed by atoms with van der Waals surface area (Å²) in [4.78, 5) is 0. The van der Waals surface area contributed by atoms with Gasteiger partial charge in [-0.25, -0.2) is 0 Å². The molecule has 80 valence electrons. The first-order valence-corrected chi connectivity index (χ1v) is 15.1. The van der Waals surface area contributed by atoms with Crippen LogP contribution in [0, 0.1) is 0 Å². The lowest BCUT2D eigenvalue weighted by molar-refractivity contribution is 0.290. The zero-order valence-electron chi connectivity index (χ0n) is 9.16. The summed E-state index contributed by atoms with van der Waals surface area (Å²) in [6.07, 6.45) is 0. The molecule has 0 aliphatic carbocycles. The number of halogens is 2. The average Bonchev–Trinajstić information content (AvgIpc) is 1.79. The minimum atomic E-state index is -1.96. The predicted octanol–water partition coefficient (Wildman–Crippen LogP) is 2.93. The fraction of sp³-hybridized carbons (Fsp3) is 1.00. The Morgan fingerprint density at radius 3 is 1.92 bits per heavy atom. The Morgan fingerprint density at radius 1 is 1.23 bits per heavy atom. The van der Waals surface area contributed by atoms with Crippen molar-refractivity contribution in [2.45, 2.75) is 44.5 Å². The third-order valence-electron chi connectivity index (χ3n) is 1.56. The summed E-state index contributed by atoms with van der Waals surface area (Å²) in [7, 11) is -1.55. The molecule has 0 N–H and O–H groups in total. The molecular weight excluding hydrogens is 255 g/mol. The van der Waals surface area contributed by atoms with Crippen molar-refractivity contribution in [3.05, 3.63) is 0 Å². The van der Waals surface area contributed by atoms with E-state index in [0.717, 1.165) is 6.04 Å². The molecular formula is C7H20Cl2OSi3. The zero-order chi connectivity index (χ0) is 10.7. The molecule has 1 nitrogen and oxygen atoms in total. The van der Waals surface area contributed by atoms with E-state index in [9.17, 15) is 0 Å². The maximum atomic E-state index is 6.10. The molecule has 0 aliphatic heterocycles. The van der Waals surface area contributed by atoms with Crippen molar-refractivity contribution >= 4 is 46.7 Å². The second-order valence-corrected chi connectivity index (χ2v) is 18.9. The van der Waals surface area contributed by atoms with Crippen molar-refractivity contribution in [1.82, 2.24) is 0 Å². The maximum Gasteiger partial charge on any atom is 0.250 e. The lowest BCUT2D eigenvalue weighted by Gasteiger charge is -2.27. The SMILES string of the molecule is C[SiH2]C(C[Si](C)(Cl)Cl)O[Si](C)(C)C. The van der Waals surface area contributed by atoms with Crippen LogP contribution in [0.15, 0.2) is 0 Å². The normalized spacial score (nSPS) is 16.8. The van der Waals surface area contributed by atoms with Crippen molar-refractivity contribution < 1.29 is 4.43 Å². The molecule has 6 heteroatoms. The lowest BCUT2D eigenvalue weighted by Crippen LogP contribution is -2.37. The van der Waals surface area contributed by atoms with Gasteiger partial charge >= 0.3 is 0 Å². The summed E-state index contributed by atoms with van der Waals surface area (Å²) in [5.74, 6) is 0. The van der Waals surface area contributed by atoms with Gasteiger partial charge in [0.15, 0.2) is 8.32 Å². The highest BCUT2D eigenvalue weighted by Crippen LogP contribution is 2.24. The van der Waals surface area contributed by atoms with Crippen molar-refractivity contribution in [2.75, 3.05) is 0 Å². The second-order valence-electron chi connectivity index (χ2n) is 4.53. The molecule has 0 rings (SSSR count). The van der Waals surface area contributed by atoms with Gasteiger partial charge in [-0.3, -0.25) is 0 Å². The Bertz CT molecular complexity index is 137. The minimum Gasteiger partial charge on any atom is -0.419 e. The van der Waals surface area contributed by atoms with Gasteiger partial charge in [0, 0.05) is 5.73 Å². The molecule has 0 fully saturated rings. The number of hydrogen-bond acceptors (Lipinski definition) is 1. The van der Waals surface area contributed by atoms with Crippen LogP contribution >= 0.6 is 22.2 Å². The van der Waals surface area contributed by atoms with Crippen LogP contribution in [0.5, 0.6) is 0 Å². The average molecular weight is 275 g/mol. The Hall–Kier alpha value is 1.19. The van der Waals surface area contributed by atoms with Crippen LogP contribution in [0.2, 0.25) is 38.8 Å². The summed E-state index contributed by atoms with van der Waals surface area (Å²) in [5, 5.41) is 0. The molecule has 0 saturated carbocycles. The predicted molar refractivity (Wildman–Crippen MR) is 70.8 cm³/mol. The molecule has 0 bridgehead atoms. The molecule has 0 aromatic carbocycles. The van der Waals surface area contributed by atoms with Crippen LogP contribution < -0.4 is 0 Å². The molecule has 0 saturated heterocycles. The molecule has 0 aromatic rings. The Morgan fingerprint density at radius 2 is 1.69 bits per heavy atom. The summed E-state index contributed by atoms with van der Waals surface area (Å²) in [6, 6.07) is 0.906. The van der Waals surface area contributed by atoms with Gasteiger partial charge < -0.3 is 4.43 Å². The van der Waals surface area contributed by atoms with E-state index in [4.69, 9.17) is 26.6 Å². The highest BCUT2D eigenvalue weighted by Gasteiger charge is 2.29. The van der Waals surface area contributed by atoms with Gasteiger partial charge in [-0.05, 0) is 32.2 Å². The van der Waals surface area contributed by atoms with Gasteiger partial charge in [-0.2, -0.15) is 0 Å². The fourth-order valence-corrected chi connectivity index (χ4v) is 10.5. The zero-order valence-corrected chi connectivity index (χ0v) is 14.1. The van der Waals surface area contributed by atoms with Crippen LogP contribution in [-0.4, -0.2) is 30.3 Å². The first kappa shape index (κ1) is 14.2. The van der Waals surface area contributed by atoms with E-state index in [1.807, 2.05) is 6.55 Å². The molecule has 0 aliphatic rings.